The van der Waals surface area contributed by atoms with Crippen molar-refractivity contribution in [3.8, 4) is 11.3 Å². The number of carboxylic acid groups (broad SMARTS) is 1. The van der Waals surface area contributed by atoms with Gasteiger partial charge in [0, 0.05) is 50.2 Å². The molecule has 3 rings (SSSR count). The number of aliphatic hydroxyl groups excluding tert-OH is 1. The van der Waals surface area contributed by atoms with Crippen molar-refractivity contribution in [1.29, 1.82) is 0 Å². The first-order valence-corrected chi connectivity index (χ1v) is 11.8. The smallest absolute Gasteiger partial charge is 0.407 e. The van der Waals surface area contributed by atoms with Crippen LogP contribution in [0.25, 0.3) is 11.3 Å². The van der Waals surface area contributed by atoms with Crippen LogP contribution in [-0.4, -0.2) is 78.0 Å². The van der Waals surface area contributed by atoms with Crippen molar-refractivity contribution < 1.29 is 23.4 Å². The van der Waals surface area contributed by atoms with Gasteiger partial charge in [0.15, 0.2) is 9.84 Å². The van der Waals surface area contributed by atoms with Crippen LogP contribution in [0.5, 0.6) is 0 Å². The molecule has 0 spiro atoms. The van der Waals surface area contributed by atoms with Crippen LogP contribution in [0.15, 0.2) is 47.5 Å². The lowest BCUT2D eigenvalue weighted by Crippen LogP contribution is -2.46. The maximum Gasteiger partial charge on any atom is 0.407 e. The van der Waals surface area contributed by atoms with Crippen molar-refractivity contribution in [3.05, 3.63) is 48.2 Å². The van der Waals surface area contributed by atoms with Gasteiger partial charge in [0.2, 0.25) is 0 Å². The van der Waals surface area contributed by atoms with Crippen LogP contribution >= 0.6 is 0 Å². The Bertz CT molecular complexity index is 953. The summed E-state index contributed by atoms with van der Waals surface area (Å²) in [5.41, 5.74) is 2.59. The Morgan fingerprint density at radius 3 is 2.33 bits per heavy atom. The van der Waals surface area contributed by atoms with Gasteiger partial charge in [-0.3, -0.25) is 9.88 Å². The maximum absolute atomic E-state index is 11.6. The van der Waals surface area contributed by atoms with Crippen molar-refractivity contribution in [2.75, 3.05) is 32.5 Å². The lowest BCUT2D eigenvalue weighted by Gasteiger charge is -2.37. The Morgan fingerprint density at radius 2 is 1.83 bits per heavy atom. The highest BCUT2D eigenvalue weighted by molar-refractivity contribution is 7.90. The molecule has 0 atom stereocenters. The molecule has 162 valence electrons. The van der Waals surface area contributed by atoms with E-state index < -0.39 is 15.9 Å². The Balaban J connectivity index is 1.66. The van der Waals surface area contributed by atoms with Gasteiger partial charge in [-0.1, -0.05) is 18.2 Å². The summed E-state index contributed by atoms with van der Waals surface area (Å²) >= 11 is 0. The molecule has 1 aliphatic heterocycles. The summed E-state index contributed by atoms with van der Waals surface area (Å²) in [7, 11) is -3.23. The van der Waals surface area contributed by atoms with Crippen LogP contribution in [0.3, 0.4) is 0 Å². The summed E-state index contributed by atoms with van der Waals surface area (Å²) in [6.45, 7) is 2.19. The van der Waals surface area contributed by atoms with Gasteiger partial charge in [-0.05, 0) is 36.6 Å². The zero-order chi connectivity index (χ0) is 21.7. The molecule has 0 bridgehead atoms. The fourth-order valence-electron chi connectivity index (χ4n) is 3.74. The van der Waals surface area contributed by atoms with E-state index in [1.807, 2.05) is 12.1 Å². The molecule has 8 nitrogen and oxygen atoms in total. The molecular weight excluding hydrogens is 406 g/mol. The third-order valence-electron chi connectivity index (χ3n) is 5.43. The van der Waals surface area contributed by atoms with Crippen molar-refractivity contribution in [2.24, 2.45) is 0 Å². The SMILES string of the molecule is CS(=O)(=O)c1ccc(-c2ccc(CN(CCO)C3CCN(C(=O)O)CC3)cn2)cc1. The van der Waals surface area contributed by atoms with Gasteiger partial charge >= 0.3 is 6.09 Å². The van der Waals surface area contributed by atoms with Crippen LogP contribution in [0.4, 0.5) is 4.79 Å². The van der Waals surface area contributed by atoms with Gasteiger partial charge in [-0.2, -0.15) is 0 Å². The van der Waals surface area contributed by atoms with E-state index in [0.29, 0.717) is 26.2 Å². The minimum Gasteiger partial charge on any atom is -0.465 e. The number of carbonyl (C=O) groups is 1. The van der Waals surface area contributed by atoms with E-state index in [0.717, 1.165) is 29.7 Å². The molecule has 1 aliphatic rings. The Labute approximate surface area is 176 Å². The zero-order valence-electron chi connectivity index (χ0n) is 16.9. The number of nitrogens with zero attached hydrogens (tertiary/aromatic N) is 3. The number of amides is 1. The number of sulfone groups is 1. The quantitative estimate of drug-likeness (QED) is 0.688. The van der Waals surface area contributed by atoms with E-state index >= 15 is 0 Å². The molecule has 0 aliphatic carbocycles. The largest absolute Gasteiger partial charge is 0.465 e. The summed E-state index contributed by atoms with van der Waals surface area (Å²) in [5, 5.41) is 18.6. The molecule has 0 saturated carbocycles. The van der Waals surface area contributed by atoms with Crippen LogP contribution in [0.1, 0.15) is 18.4 Å². The zero-order valence-corrected chi connectivity index (χ0v) is 17.8. The van der Waals surface area contributed by atoms with Crippen molar-refractivity contribution in [1.82, 2.24) is 14.8 Å². The maximum atomic E-state index is 11.6. The molecule has 1 saturated heterocycles. The molecule has 1 fully saturated rings. The van der Waals surface area contributed by atoms with Gasteiger partial charge in [-0.25, -0.2) is 13.2 Å². The lowest BCUT2D eigenvalue weighted by atomic mass is 10.0. The van der Waals surface area contributed by atoms with Gasteiger partial charge in [0.25, 0.3) is 0 Å². The average molecular weight is 434 g/mol. The first kappa shape index (κ1) is 22.2. The van der Waals surface area contributed by atoms with Crippen LogP contribution in [0, 0.1) is 0 Å². The second-order valence-corrected chi connectivity index (χ2v) is 9.56. The first-order valence-electron chi connectivity index (χ1n) is 9.86. The average Bonchev–Trinajstić information content (AvgIpc) is 2.73. The number of hydrogen-bond acceptors (Lipinski definition) is 6. The monoisotopic (exact) mass is 433 g/mol. The Hall–Kier alpha value is -2.49. The van der Waals surface area contributed by atoms with E-state index in [9.17, 15) is 18.3 Å². The molecule has 2 aromatic rings. The van der Waals surface area contributed by atoms with Gasteiger partial charge < -0.3 is 15.1 Å². The molecule has 1 aromatic carbocycles. The number of aromatic nitrogens is 1. The summed E-state index contributed by atoms with van der Waals surface area (Å²) in [4.78, 5) is 19.5. The minimum absolute atomic E-state index is 0.0390. The Kier molecular flexibility index (Phi) is 7.06. The van der Waals surface area contributed by atoms with Crippen LogP contribution in [0.2, 0.25) is 0 Å². The van der Waals surface area contributed by atoms with E-state index in [2.05, 4.69) is 9.88 Å². The molecule has 1 aromatic heterocycles. The minimum atomic E-state index is -3.23. The van der Waals surface area contributed by atoms with Gasteiger partial charge in [-0.15, -0.1) is 0 Å². The molecule has 30 heavy (non-hydrogen) atoms. The molecule has 2 N–H and O–H groups in total. The summed E-state index contributed by atoms with van der Waals surface area (Å²) in [6, 6.07) is 10.7. The fourth-order valence-corrected chi connectivity index (χ4v) is 4.37. The van der Waals surface area contributed by atoms with Gasteiger partial charge in [0.05, 0.1) is 17.2 Å². The number of hydrogen-bond donors (Lipinski definition) is 2. The first-order chi connectivity index (χ1) is 14.3. The van der Waals surface area contributed by atoms with Crippen molar-refractivity contribution in [3.63, 3.8) is 0 Å². The second-order valence-electron chi connectivity index (χ2n) is 7.54. The Morgan fingerprint density at radius 1 is 1.17 bits per heavy atom. The molecule has 2 heterocycles. The number of benzene rings is 1. The molecule has 0 radical (unpaired) electrons. The van der Waals surface area contributed by atoms with E-state index in [4.69, 9.17) is 5.11 Å². The number of piperidine rings is 1. The van der Waals surface area contributed by atoms with Crippen molar-refractivity contribution >= 4 is 15.9 Å². The number of rotatable bonds is 7. The molecular formula is C21H27N3O5S. The fraction of sp³-hybridized carbons (Fsp3) is 0.429. The number of aliphatic hydroxyl groups is 1. The van der Waals surface area contributed by atoms with Crippen LogP contribution in [-0.2, 0) is 16.4 Å². The van der Waals surface area contributed by atoms with E-state index in [1.54, 1.807) is 30.5 Å². The predicted molar refractivity (Wildman–Crippen MR) is 113 cm³/mol. The predicted octanol–water partition coefficient (Wildman–Crippen LogP) is 2.09. The van der Waals surface area contributed by atoms with Gasteiger partial charge in [0.1, 0.15) is 0 Å². The topological polar surface area (TPSA) is 111 Å². The molecule has 1 amide bonds. The molecule has 0 unspecified atom stereocenters. The van der Waals surface area contributed by atoms with Crippen LogP contribution < -0.4 is 0 Å². The van der Waals surface area contributed by atoms with E-state index in [-0.39, 0.29) is 17.5 Å². The summed E-state index contributed by atoms with van der Waals surface area (Å²) < 4.78 is 23.2. The normalized spacial score (nSPS) is 15.5. The highest BCUT2D eigenvalue weighted by Gasteiger charge is 2.26. The third kappa shape index (κ3) is 5.56. The summed E-state index contributed by atoms with van der Waals surface area (Å²) in [6.07, 6.45) is 3.57. The lowest BCUT2D eigenvalue weighted by molar-refractivity contribution is 0.0796. The third-order valence-corrected chi connectivity index (χ3v) is 6.56. The molecule has 9 heteroatoms. The van der Waals surface area contributed by atoms with Crippen molar-refractivity contribution in [2.45, 2.75) is 30.3 Å². The highest BCUT2D eigenvalue weighted by atomic mass is 32.2. The summed E-state index contributed by atoms with van der Waals surface area (Å²) in [5.74, 6) is 0. The highest BCUT2D eigenvalue weighted by Crippen LogP contribution is 2.22. The standard InChI is InChI=1S/C21H27N3O5S/c1-30(28,29)19-5-3-17(4-6-19)20-7-2-16(14-22-20)15-24(12-13-25)18-8-10-23(11-9-18)21(26)27/h2-7,14,18,25H,8-13,15H2,1H3,(H,26,27). The number of pyridine rings is 1. The van der Waals surface area contributed by atoms with E-state index in [1.165, 1.54) is 11.2 Å². The second kappa shape index (κ2) is 9.55. The number of likely N-dealkylation sites (tertiary alicyclic amines) is 1.